The lowest BCUT2D eigenvalue weighted by Crippen LogP contribution is -2.24. The number of nitrogens with zero attached hydrogens (tertiary/aromatic N) is 3. The number of para-hydroxylation sites is 2. The predicted octanol–water partition coefficient (Wildman–Crippen LogP) is 6.49. The molecule has 1 atom stereocenters. The first kappa shape index (κ1) is 22.7. The van der Waals surface area contributed by atoms with E-state index in [4.69, 9.17) is 9.72 Å². The monoisotopic (exact) mass is 517 g/mol. The first-order valence-corrected chi connectivity index (χ1v) is 12.6. The van der Waals surface area contributed by atoms with Gasteiger partial charge in [-0.3, -0.25) is 4.79 Å². The molecule has 5 rings (SSSR count). The van der Waals surface area contributed by atoms with E-state index < -0.39 is 0 Å². The molecular formula is C28H28BrN3O2. The molecule has 0 radical (unpaired) electrons. The van der Waals surface area contributed by atoms with Crippen LogP contribution in [0, 0.1) is 6.92 Å². The molecule has 1 aliphatic heterocycles. The van der Waals surface area contributed by atoms with Crippen LogP contribution in [0.3, 0.4) is 0 Å². The summed E-state index contributed by atoms with van der Waals surface area (Å²) < 4.78 is 9.21. The van der Waals surface area contributed by atoms with Crippen LogP contribution >= 0.6 is 15.9 Å². The van der Waals surface area contributed by atoms with Crippen LogP contribution in [-0.2, 0) is 11.3 Å². The van der Waals surface area contributed by atoms with Crippen LogP contribution in [0.25, 0.3) is 11.0 Å². The lowest BCUT2D eigenvalue weighted by Gasteiger charge is -2.18. The first-order valence-electron chi connectivity index (χ1n) is 11.8. The highest BCUT2D eigenvalue weighted by atomic mass is 79.9. The summed E-state index contributed by atoms with van der Waals surface area (Å²) in [5.41, 5.74) is 4.25. The number of imidazole rings is 1. The van der Waals surface area contributed by atoms with Gasteiger partial charge in [0.1, 0.15) is 11.6 Å². The smallest absolute Gasteiger partial charge is 0.227 e. The van der Waals surface area contributed by atoms with Crippen molar-refractivity contribution in [3.63, 3.8) is 0 Å². The number of carbonyl (C=O) groups is 1. The molecule has 2 heterocycles. The molecule has 34 heavy (non-hydrogen) atoms. The van der Waals surface area contributed by atoms with Gasteiger partial charge in [-0.25, -0.2) is 4.98 Å². The Kier molecular flexibility index (Phi) is 6.68. The van der Waals surface area contributed by atoms with Crippen LogP contribution in [0.4, 0.5) is 5.69 Å². The van der Waals surface area contributed by atoms with Gasteiger partial charge in [0.05, 0.1) is 17.6 Å². The zero-order valence-corrected chi connectivity index (χ0v) is 20.9. The van der Waals surface area contributed by atoms with Crippen LogP contribution in [0.2, 0.25) is 0 Å². The molecule has 174 valence electrons. The molecule has 5 nitrogen and oxygen atoms in total. The quantitative estimate of drug-likeness (QED) is 0.251. The van der Waals surface area contributed by atoms with Crippen molar-refractivity contribution in [3.05, 3.63) is 88.7 Å². The average molecular weight is 518 g/mol. The number of amides is 1. The minimum absolute atomic E-state index is 0.0717. The van der Waals surface area contributed by atoms with E-state index in [1.807, 2.05) is 47.4 Å². The molecule has 1 fully saturated rings. The Morgan fingerprint density at radius 3 is 2.74 bits per heavy atom. The zero-order chi connectivity index (χ0) is 23.5. The summed E-state index contributed by atoms with van der Waals surface area (Å²) >= 11 is 3.52. The van der Waals surface area contributed by atoms with Gasteiger partial charge in [-0.05, 0) is 67.8 Å². The molecule has 3 aromatic carbocycles. The highest BCUT2D eigenvalue weighted by molar-refractivity contribution is 9.10. The van der Waals surface area contributed by atoms with Gasteiger partial charge in [0, 0.05) is 35.6 Å². The summed E-state index contributed by atoms with van der Waals surface area (Å²) in [6.45, 7) is 4.26. The van der Waals surface area contributed by atoms with E-state index in [-0.39, 0.29) is 11.8 Å². The Labute approximate surface area is 208 Å². The Hall–Kier alpha value is -3.12. The van der Waals surface area contributed by atoms with Crippen molar-refractivity contribution in [2.75, 3.05) is 18.1 Å². The molecule has 1 unspecified atom stereocenters. The first-order chi connectivity index (χ1) is 16.6. The Bertz CT molecular complexity index is 1320. The number of anilines is 1. The standard InChI is InChI=1S/C28H28BrN3O2/c1-20-8-6-11-24(16-20)34-15-5-4-14-31-26-13-3-2-12-25(26)30-28(31)21-17-27(33)32(19-21)23-10-7-9-22(29)18-23/h2-3,6-13,16,18,21H,4-5,14-15,17,19H2,1H3. The number of rotatable bonds is 8. The minimum Gasteiger partial charge on any atom is -0.494 e. The molecule has 4 aromatic rings. The number of unbranched alkanes of at least 4 members (excludes halogenated alkanes) is 1. The van der Waals surface area contributed by atoms with Gasteiger partial charge in [-0.1, -0.05) is 46.3 Å². The van der Waals surface area contributed by atoms with E-state index in [1.54, 1.807) is 0 Å². The van der Waals surface area contributed by atoms with Crippen molar-refractivity contribution in [2.24, 2.45) is 0 Å². The number of ether oxygens (including phenoxy) is 1. The van der Waals surface area contributed by atoms with E-state index in [0.717, 1.165) is 52.2 Å². The molecule has 0 N–H and O–H groups in total. The summed E-state index contributed by atoms with van der Waals surface area (Å²) in [5, 5.41) is 0. The largest absolute Gasteiger partial charge is 0.494 e. The Morgan fingerprint density at radius 1 is 1.03 bits per heavy atom. The molecule has 0 bridgehead atoms. The van der Waals surface area contributed by atoms with Gasteiger partial charge in [0.15, 0.2) is 0 Å². The molecule has 1 amide bonds. The summed E-state index contributed by atoms with van der Waals surface area (Å²) in [7, 11) is 0. The predicted molar refractivity (Wildman–Crippen MR) is 139 cm³/mol. The van der Waals surface area contributed by atoms with Gasteiger partial charge in [0.25, 0.3) is 0 Å². The summed E-state index contributed by atoms with van der Waals surface area (Å²) in [5.74, 6) is 2.15. The van der Waals surface area contributed by atoms with Crippen molar-refractivity contribution in [1.82, 2.24) is 9.55 Å². The molecule has 0 aliphatic carbocycles. The molecule has 0 spiro atoms. The topological polar surface area (TPSA) is 47.4 Å². The number of aromatic nitrogens is 2. The zero-order valence-electron chi connectivity index (χ0n) is 19.3. The van der Waals surface area contributed by atoms with E-state index in [0.29, 0.717) is 19.6 Å². The second-order valence-corrected chi connectivity index (χ2v) is 9.78. The van der Waals surface area contributed by atoms with E-state index in [2.05, 4.69) is 57.8 Å². The Morgan fingerprint density at radius 2 is 1.88 bits per heavy atom. The van der Waals surface area contributed by atoms with Crippen LogP contribution in [0.1, 0.15) is 36.6 Å². The molecule has 1 aliphatic rings. The maximum Gasteiger partial charge on any atom is 0.227 e. The lowest BCUT2D eigenvalue weighted by atomic mass is 10.1. The summed E-state index contributed by atoms with van der Waals surface area (Å²) in [6.07, 6.45) is 2.41. The third-order valence-corrected chi connectivity index (χ3v) is 6.82. The summed E-state index contributed by atoms with van der Waals surface area (Å²) in [6, 6.07) is 24.3. The van der Waals surface area contributed by atoms with Crippen LogP contribution < -0.4 is 9.64 Å². The van der Waals surface area contributed by atoms with Crippen LogP contribution in [0.5, 0.6) is 5.75 Å². The third kappa shape index (κ3) is 4.87. The van der Waals surface area contributed by atoms with Gasteiger partial charge < -0.3 is 14.2 Å². The Balaban J connectivity index is 1.30. The highest BCUT2D eigenvalue weighted by Gasteiger charge is 2.34. The van der Waals surface area contributed by atoms with E-state index >= 15 is 0 Å². The van der Waals surface area contributed by atoms with Crippen molar-refractivity contribution >= 4 is 38.6 Å². The molecular weight excluding hydrogens is 490 g/mol. The van der Waals surface area contributed by atoms with E-state index in [1.165, 1.54) is 5.56 Å². The third-order valence-electron chi connectivity index (χ3n) is 6.33. The number of hydrogen-bond acceptors (Lipinski definition) is 3. The van der Waals surface area contributed by atoms with Crippen LogP contribution in [-0.4, -0.2) is 28.6 Å². The number of halogens is 1. The highest BCUT2D eigenvalue weighted by Crippen LogP contribution is 2.34. The maximum atomic E-state index is 12.9. The fourth-order valence-electron chi connectivity index (χ4n) is 4.68. The van der Waals surface area contributed by atoms with Gasteiger partial charge in [-0.15, -0.1) is 0 Å². The lowest BCUT2D eigenvalue weighted by molar-refractivity contribution is -0.117. The number of carbonyl (C=O) groups excluding carboxylic acids is 1. The fourth-order valence-corrected chi connectivity index (χ4v) is 5.07. The van der Waals surface area contributed by atoms with E-state index in [9.17, 15) is 4.79 Å². The number of hydrogen-bond donors (Lipinski definition) is 0. The van der Waals surface area contributed by atoms with Gasteiger partial charge in [-0.2, -0.15) is 0 Å². The minimum atomic E-state index is 0.0717. The normalized spacial score (nSPS) is 15.9. The number of fused-ring (bicyclic) bond motifs is 1. The molecule has 1 aromatic heterocycles. The fraction of sp³-hybridized carbons (Fsp3) is 0.286. The van der Waals surface area contributed by atoms with Crippen molar-refractivity contribution < 1.29 is 9.53 Å². The van der Waals surface area contributed by atoms with Crippen LogP contribution in [0.15, 0.2) is 77.3 Å². The second kappa shape index (κ2) is 10.0. The van der Waals surface area contributed by atoms with Gasteiger partial charge in [0.2, 0.25) is 5.91 Å². The molecule has 0 saturated carbocycles. The average Bonchev–Trinajstić information content (AvgIpc) is 3.39. The molecule has 1 saturated heterocycles. The van der Waals surface area contributed by atoms with Crippen molar-refractivity contribution in [2.45, 2.75) is 38.6 Å². The molecule has 6 heteroatoms. The van der Waals surface area contributed by atoms with Gasteiger partial charge >= 0.3 is 0 Å². The second-order valence-electron chi connectivity index (χ2n) is 8.87. The van der Waals surface area contributed by atoms with Crippen molar-refractivity contribution in [1.29, 1.82) is 0 Å². The SMILES string of the molecule is Cc1cccc(OCCCCn2c(C3CC(=O)N(c4cccc(Br)c4)C3)nc3ccccc32)c1. The maximum absolute atomic E-state index is 12.9. The van der Waals surface area contributed by atoms with Crippen molar-refractivity contribution in [3.8, 4) is 5.75 Å². The summed E-state index contributed by atoms with van der Waals surface area (Å²) in [4.78, 5) is 19.8. The number of aryl methyl sites for hydroxylation is 2. The number of benzene rings is 3.